The molecule has 1 amide bonds. The van der Waals surface area contributed by atoms with Crippen LogP contribution in [0.25, 0.3) is 0 Å². The highest BCUT2D eigenvalue weighted by atomic mass is 16.5. The van der Waals surface area contributed by atoms with Crippen molar-refractivity contribution in [3.05, 3.63) is 72.2 Å². The van der Waals surface area contributed by atoms with E-state index in [1.54, 1.807) is 20.3 Å². The monoisotopic (exact) mass is 378 g/mol. The molecule has 0 spiro atoms. The summed E-state index contributed by atoms with van der Waals surface area (Å²) in [5, 5.41) is 6.02. The number of hydrogen-bond donors (Lipinski definition) is 2. The van der Waals surface area contributed by atoms with Gasteiger partial charge in [0.1, 0.15) is 29.3 Å². The van der Waals surface area contributed by atoms with Gasteiger partial charge in [-0.3, -0.25) is 4.79 Å². The van der Waals surface area contributed by atoms with Gasteiger partial charge in [-0.25, -0.2) is 9.97 Å². The van der Waals surface area contributed by atoms with Crippen LogP contribution in [0, 0.1) is 0 Å². The third kappa shape index (κ3) is 4.97. The summed E-state index contributed by atoms with van der Waals surface area (Å²) < 4.78 is 10.5. The second-order valence-electron chi connectivity index (χ2n) is 5.97. The molecule has 3 aromatic rings. The van der Waals surface area contributed by atoms with Gasteiger partial charge < -0.3 is 20.1 Å². The van der Waals surface area contributed by atoms with Crippen LogP contribution in [-0.2, 0) is 6.42 Å². The number of amides is 1. The highest BCUT2D eigenvalue weighted by Crippen LogP contribution is 2.26. The Bertz CT molecular complexity index is 946. The first-order valence-corrected chi connectivity index (χ1v) is 8.83. The Balaban J connectivity index is 1.60. The van der Waals surface area contributed by atoms with Crippen LogP contribution < -0.4 is 20.1 Å². The van der Waals surface area contributed by atoms with Crippen LogP contribution in [0.5, 0.6) is 11.5 Å². The maximum Gasteiger partial charge on any atom is 0.270 e. The van der Waals surface area contributed by atoms with E-state index in [4.69, 9.17) is 9.47 Å². The number of nitrogens with zero attached hydrogens (tertiary/aromatic N) is 2. The molecule has 0 fully saturated rings. The number of aromatic nitrogens is 2. The van der Waals surface area contributed by atoms with Gasteiger partial charge >= 0.3 is 0 Å². The van der Waals surface area contributed by atoms with Crippen LogP contribution in [0.3, 0.4) is 0 Å². The van der Waals surface area contributed by atoms with Gasteiger partial charge in [-0.05, 0) is 36.2 Å². The smallest absolute Gasteiger partial charge is 0.270 e. The van der Waals surface area contributed by atoms with E-state index in [9.17, 15) is 4.79 Å². The van der Waals surface area contributed by atoms with Gasteiger partial charge in [-0.1, -0.05) is 24.3 Å². The summed E-state index contributed by atoms with van der Waals surface area (Å²) in [5.74, 6) is 1.74. The average molecular weight is 378 g/mol. The molecule has 2 N–H and O–H groups in total. The number of benzene rings is 2. The predicted octanol–water partition coefficient (Wildman–Crippen LogP) is 3.21. The minimum absolute atomic E-state index is 0.256. The summed E-state index contributed by atoms with van der Waals surface area (Å²) in [4.78, 5) is 20.6. The van der Waals surface area contributed by atoms with Crippen LogP contribution in [0.1, 0.15) is 16.1 Å². The number of hydrogen-bond acceptors (Lipinski definition) is 6. The number of carbonyl (C=O) groups is 1. The van der Waals surface area contributed by atoms with Gasteiger partial charge in [0.15, 0.2) is 0 Å². The zero-order chi connectivity index (χ0) is 19.8. The number of para-hydroxylation sites is 2. The Morgan fingerprint density at radius 2 is 1.86 bits per heavy atom. The predicted molar refractivity (Wildman–Crippen MR) is 107 cm³/mol. The summed E-state index contributed by atoms with van der Waals surface area (Å²) in [6, 6.07) is 16.8. The zero-order valence-electron chi connectivity index (χ0n) is 15.8. The summed E-state index contributed by atoms with van der Waals surface area (Å²) in [6.07, 6.45) is 2.05. The normalized spacial score (nSPS) is 10.2. The lowest BCUT2D eigenvalue weighted by molar-refractivity contribution is 0.0949. The molecule has 3 rings (SSSR count). The van der Waals surface area contributed by atoms with Crippen molar-refractivity contribution < 1.29 is 14.3 Å². The van der Waals surface area contributed by atoms with Crippen molar-refractivity contribution >= 4 is 17.4 Å². The van der Waals surface area contributed by atoms with E-state index in [1.807, 2.05) is 48.5 Å². The maximum absolute atomic E-state index is 12.4. The van der Waals surface area contributed by atoms with Crippen LogP contribution in [0.2, 0.25) is 0 Å². The molecule has 0 saturated heterocycles. The lowest BCUT2D eigenvalue weighted by atomic mass is 10.1. The molecule has 1 heterocycles. The Hall–Kier alpha value is -3.61. The first-order chi connectivity index (χ1) is 13.7. The number of carbonyl (C=O) groups excluding carboxylic acids is 1. The lowest BCUT2D eigenvalue weighted by Gasteiger charge is -2.11. The van der Waals surface area contributed by atoms with E-state index in [2.05, 4.69) is 20.6 Å². The molecular weight excluding hydrogens is 356 g/mol. The van der Waals surface area contributed by atoms with Crippen LogP contribution in [0.15, 0.2) is 60.9 Å². The SMILES string of the molecule is COc1cccc(CCNC(=O)c2cc(Nc3ccccc3OC)ncn2)c1. The minimum Gasteiger partial charge on any atom is -0.497 e. The Labute approximate surface area is 163 Å². The van der Waals surface area contributed by atoms with Crippen molar-refractivity contribution in [2.24, 2.45) is 0 Å². The van der Waals surface area contributed by atoms with E-state index in [-0.39, 0.29) is 11.6 Å². The molecule has 28 heavy (non-hydrogen) atoms. The topological polar surface area (TPSA) is 85.4 Å². The summed E-state index contributed by atoms with van der Waals surface area (Å²) >= 11 is 0. The van der Waals surface area contributed by atoms with E-state index >= 15 is 0 Å². The summed E-state index contributed by atoms with van der Waals surface area (Å²) in [7, 11) is 3.23. The fourth-order valence-corrected chi connectivity index (χ4v) is 2.67. The second kappa shape index (κ2) is 9.36. The summed E-state index contributed by atoms with van der Waals surface area (Å²) in [5.41, 5.74) is 2.13. The standard InChI is InChI=1S/C21H22N4O3/c1-27-16-7-5-6-15(12-16)10-11-22-21(26)18-13-20(24-14-23-18)25-17-8-3-4-9-19(17)28-2/h3-9,12-14H,10-11H2,1-2H3,(H,22,26)(H,23,24,25). The molecule has 0 aliphatic rings. The van der Waals surface area contributed by atoms with Crippen LogP contribution in [-0.4, -0.2) is 36.6 Å². The molecule has 0 bridgehead atoms. The summed E-state index contributed by atoms with van der Waals surface area (Å²) in [6.45, 7) is 0.491. The van der Waals surface area contributed by atoms with Gasteiger partial charge in [0.05, 0.1) is 19.9 Å². The Morgan fingerprint density at radius 3 is 2.68 bits per heavy atom. The number of methoxy groups -OCH3 is 2. The van der Waals surface area contributed by atoms with E-state index in [0.29, 0.717) is 24.5 Å². The van der Waals surface area contributed by atoms with Crippen molar-refractivity contribution in [3.8, 4) is 11.5 Å². The van der Waals surface area contributed by atoms with Gasteiger partial charge in [0.25, 0.3) is 5.91 Å². The second-order valence-corrected chi connectivity index (χ2v) is 5.97. The minimum atomic E-state index is -0.256. The van der Waals surface area contributed by atoms with Crippen molar-refractivity contribution in [1.29, 1.82) is 0 Å². The van der Waals surface area contributed by atoms with E-state index < -0.39 is 0 Å². The van der Waals surface area contributed by atoms with Crippen molar-refractivity contribution in [1.82, 2.24) is 15.3 Å². The first kappa shape index (κ1) is 19.2. The molecule has 7 heteroatoms. The highest BCUT2D eigenvalue weighted by molar-refractivity contribution is 5.93. The number of rotatable bonds is 8. The maximum atomic E-state index is 12.4. The zero-order valence-corrected chi connectivity index (χ0v) is 15.8. The molecule has 0 atom stereocenters. The van der Waals surface area contributed by atoms with Crippen molar-refractivity contribution in [2.45, 2.75) is 6.42 Å². The molecule has 1 aromatic heterocycles. The number of nitrogens with one attached hydrogen (secondary N) is 2. The highest BCUT2D eigenvalue weighted by Gasteiger charge is 2.10. The number of anilines is 2. The van der Waals surface area contributed by atoms with E-state index in [0.717, 1.165) is 17.0 Å². The molecule has 0 saturated carbocycles. The molecule has 7 nitrogen and oxygen atoms in total. The van der Waals surface area contributed by atoms with Gasteiger partial charge in [0.2, 0.25) is 0 Å². The molecule has 0 aliphatic carbocycles. The lowest BCUT2D eigenvalue weighted by Crippen LogP contribution is -2.26. The van der Waals surface area contributed by atoms with E-state index in [1.165, 1.54) is 6.33 Å². The molecule has 0 unspecified atom stereocenters. The molecule has 0 aliphatic heterocycles. The van der Waals surface area contributed by atoms with Crippen molar-refractivity contribution in [3.63, 3.8) is 0 Å². The average Bonchev–Trinajstić information content (AvgIpc) is 2.74. The number of ether oxygens (including phenoxy) is 2. The largest absolute Gasteiger partial charge is 0.497 e. The quantitative estimate of drug-likeness (QED) is 0.626. The molecule has 0 radical (unpaired) electrons. The fraction of sp³-hybridized carbons (Fsp3) is 0.190. The van der Waals surface area contributed by atoms with Crippen LogP contribution >= 0.6 is 0 Å². The molecular formula is C21H22N4O3. The van der Waals surface area contributed by atoms with Gasteiger partial charge in [-0.2, -0.15) is 0 Å². The van der Waals surface area contributed by atoms with Gasteiger partial charge in [0, 0.05) is 12.6 Å². The molecule has 144 valence electrons. The third-order valence-electron chi connectivity index (χ3n) is 4.10. The third-order valence-corrected chi connectivity index (χ3v) is 4.10. The molecule has 2 aromatic carbocycles. The van der Waals surface area contributed by atoms with Gasteiger partial charge in [-0.15, -0.1) is 0 Å². The Morgan fingerprint density at radius 1 is 1.00 bits per heavy atom. The fourth-order valence-electron chi connectivity index (χ4n) is 2.67. The Kier molecular flexibility index (Phi) is 6.41. The van der Waals surface area contributed by atoms with Crippen LogP contribution in [0.4, 0.5) is 11.5 Å². The van der Waals surface area contributed by atoms with Crippen molar-refractivity contribution in [2.75, 3.05) is 26.1 Å². The first-order valence-electron chi connectivity index (χ1n) is 8.83.